The molecule has 0 bridgehead atoms. The number of carbonyl (C=O) groups excluding carboxylic acids is 2. The first-order chi connectivity index (χ1) is 20.2. The van der Waals surface area contributed by atoms with Gasteiger partial charge < -0.3 is 19.5 Å². The van der Waals surface area contributed by atoms with Crippen LogP contribution in [0.5, 0.6) is 0 Å². The monoisotopic (exact) mass is 595 g/mol. The Labute approximate surface area is 254 Å². The fraction of sp³-hybridized carbons (Fsp3) is 0.848. The van der Waals surface area contributed by atoms with Crippen molar-refractivity contribution in [1.82, 2.24) is 5.32 Å². The van der Waals surface area contributed by atoms with E-state index in [-0.39, 0.29) is 30.7 Å². The Hall–Kier alpha value is -1.67. The summed E-state index contributed by atoms with van der Waals surface area (Å²) in [5.74, 6) is 0.121. The van der Waals surface area contributed by atoms with Crippen LogP contribution in [0.3, 0.4) is 0 Å². The minimum Gasteiger partial charge on any atom is -0.469 e. The number of ether oxygens (including phenoxy) is 3. The smallest absolute Gasteiger partial charge is 0.407 e. The van der Waals surface area contributed by atoms with E-state index in [4.69, 9.17) is 14.2 Å². The SMILES string of the molecule is CCCCCCCCCCCCCCCCCCNC(=O)OCC1OCC1c1scc[n+]1CCCCCC(=O)OC. The molecule has 0 radical (unpaired) electrons. The molecule has 2 heterocycles. The Kier molecular flexibility index (Phi) is 20.7. The molecule has 1 fully saturated rings. The lowest BCUT2D eigenvalue weighted by Crippen LogP contribution is -2.48. The number of hydrogen-bond donors (Lipinski definition) is 1. The van der Waals surface area contributed by atoms with Crippen molar-refractivity contribution >= 4 is 23.4 Å². The van der Waals surface area contributed by atoms with Crippen molar-refractivity contribution in [2.75, 3.05) is 26.9 Å². The van der Waals surface area contributed by atoms with Crippen molar-refractivity contribution in [2.45, 2.75) is 154 Å². The van der Waals surface area contributed by atoms with Crippen LogP contribution in [0.25, 0.3) is 0 Å². The Balaban J connectivity index is 1.40. The van der Waals surface area contributed by atoms with Gasteiger partial charge in [-0.15, -0.1) is 0 Å². The molecule has 41 heavy (non-hydrogen) atoms. The molecule has 0 saturated carbocycles. The predicted molar refractivity (Wildman–Crippen MR) is 166 cm³/mol. The van der Waals surface area contributed by atoms with Crippen molar-refractivity contribution in [1.29, 1.82) is 0 Å². The third kappa shape index (κ3) is 16.5. The number of amides is 1. The van der Waals surface area contributed by atoms with Gasteiger partial charge in [0.2, 0.25) is 5.01 Å². The summed E-state index contributed by atoms with van der Waals surface area (Å²) < 4.78 is 18.2. The molecule has 2 unspecified atom stereocenters. The summed E-state index contributed by atoms with van der Waals surface area (Å²) in [6, 6.07) is 0. The number of hydrogen-bond acceptors (Lipinski definition) is 6. The van der Waals surface area contributed by atoms with Crippen LogP contribution in [-0.2, 0) is 25.5 Å². The maximum atomic E-state index is 12.2. The van der Waals surface area contributed by atoms with Crippen LogP contribution >= 0.6 is 11.3 Å². The lowest BCUT2D eigenvalue weighted by atomic mass is 9.99. The summed E-state index contributed by atoms with van der Waals surface area (Å²) in [5, 5.41) is 6.27. The van der Waals surface area contributed by atoms with Crippen LogP contribution < -0.4 is 9.88 Å². The van der Waals surface area contributed by atoms with Gasteiger partial charge in [0.25, 0.3) is 0 Å². The van der Waals surface area contributed by atoms with Gasteiger partial charge >= 0.3 is 12.1 Å². The Morgan fingerprint density at radius 1 is 0.878 bits per heavy atom. The van der Waals surface area contributed by atoms with Gasteiger partial charge in [-0.1, -0.05) is 115 Å². The molecule has 8 heteroatoms. The molecule has 1 aromatic heterocycles. The average molecular weight is 596 g/mol. The molecule has 1 aromatic rings. The number of nitrogens with one attached hydrogen (secondary N) is 1. The molecule has 1 aliphatic heterocycles. The molecule has 7 nitrogen and oxygen atoms in total. The van der Waals surface area contributed by atoms with E-state index in [0.717, 1.165) is 38.6 Å². The van der Waals surface area contributed by atoms with E-state index in [9.17, 15) is 9.59 Å². The summed E-state index contributed by atoms with van der Waals surface area (Å²) in [7, 11) is 1.43. The van der Waals surface area contributed by atoms with Gasteiger partial charge in [-0.3, -0.25) is 4.79 Å². The van der Waals surface area contributed by atoms with E-state index in [1.54, 1.807) is 11.3 Å². The van der Waals surface area contributed by atoms with E-state index < -0.39 is 0 Å². The molecule has 0 aromatic carbocycles. The number of thiazole rings is 1. The maximum absolute atomic E-state index is 12.2. The lowest BCUT2D eigenvalue weighted by molar-refractivity contribution is -0.702. The predicted octanol–water partition coefficient (Wildman–Crippen LogP) is 8.24. The molecule has 0 spiro atoms. The van der Waals surface area contributed by atoms with Crippen LogP contribution in [0.4, 0.5) is 4.79 Å². The van der Waals surface area contributed by atoms with Gasteiger partial charge in [0.1, 0.15) is 25.2 Å². The van der Waals surface area contributed by atoms with E-state index in [0.29, 0.717) is 19.6 Å². The van der Waals surface area contributed by atoms with Gasteiger partial charge in [-0.2, -0.15) is 4.57 Å². The number of rotatable bonds is 26. The summed E-state index contributed by atoms with van der Waals surface area (Å²) in [6.45, 7) is 4.82. The largest absolute Gasteiger partial charge is 0.469 e. The average Bonchev–Trinajstić information content (AvgIpc) is 3.41. The Morgan fingerprint density at radius 2 is 1.46 bits per heavy atom. The fourth-order valence-electron chi connectivity index (χ4n) is 5.43. The van der Waals surface area contributed by atoms with Crippen LogP contribution in [0.2, 0.25) is 0 Å². The topological polar surface area (TPSA) is 77.7 Å². The summed E-state index contributed by atoms with van der Waals surface area (Å²) in [5.41, 5.74) is 0. The number of unbranched alkanes of at least 4 members (excludes halogenated alkanes) is 17. The third-order valence-electron chi connectivity index (χ3n) is 8.15. The molecule has 0 aliphatic carbocycles. The number of methoxy groups -OCH3 is 1. The van der Waals surface area contributed by atoms with Gasteiger partial charge in [0.05, 0.1) is 19.1 Å². The van der Waals surface area contributed by atoms with Crippen LogP contribution in [-0.4, -0.2) is 45.0 Å². The van der Waals surface area contributed by atoms with E-state index >= 15 is 0 Å². The minimum atomic E-state index is -0.343. The van der Waals surface area contributed by atoms with Crippen LogP contribution in [0, 0.1) is 0 Å². The Morgan fingerprint density at radius 3 is 2.02 bits per heavy atom. The highest BCUT2D eigenvalue weighted by atomic mass is 32.1. The second-order valence-corrected chi connectivity index (χ2v) is 12.6. The normalized spacial score (nSPS) is 16.3. The van der Waals surface area contributed by atoms with Crippen molar-refractivity contribution in [3.63, 3.8) is 0 Å². The highest BCUT2D eigenvalue weighted by molar-refractivity contribution is 7.09. The third-order valence-corrected chi connectivity index (χ3v) is 9.19. The molecule has 2 atom stereocenters. The Bertz CT molecular complexity index is 802. The zero-order valence-electron chi connectivity index (χ0n) is 26.2. The summed E-state index contributed by atoms with van der Waals surface area (Å²) in [4.78, 5) is 23.4. The zero-order valence-corrected chi connectivity index (χ0v) is 27.0. The molecule has 2 rings (SSSR count). The van der Waals surface area contributed by atoms with Crippen molar-refractivity contribution in [2.24, 2.45) is 0 Å². The lowest BCUT2D eigenvalue weighted by Gasteiger charge is -2.33. The van der Waals surface area contributed by atoms with Crippen LogP contribution in [0.15, 0.2) is 11.6 Å². The van der Waals surface area contributed by atoms with Crippen LogP contribution in [0.1, 0.15) is 146 Å². The van der Waals surface area contributed by atoms with Gasteiger partial charge in [0.15, 0.2) is 6.20 Å². The minimum absolute atomic E-state index is 0.0828. The van der Waals surface area contributed by atoms with Crippen molar-refractivity contribution in [3.8, 4) is 0 Å². The highest BCUT2D eigenvalue weighted by Crippen LogP contribution is 2.32. The number of alkyl carbamates (subject to hydrolysis) is 1. The fourth-order valence-corrected chi connectivity index (χ4v) is 6.46. The van der Waals surface area contributed by atoms with Gasteiger partial charge in [-0.25, -0.2) is 4.79 Å². The molecular weight excluding hydrogens is 536 g/mol. The zero-order chi connectivity index (χ0) is 29.4. The van der Waals surface area contributed by atoms with E-state index in [1.807, 2.05) is 0 Å². The summed E-state index contributed by atoms with van der Waals surface area (Å²) in [6.07, 6.45) is 26.5. The standard InChI is InChI=1S/C33H58N2O5S/c1-3-4-5-6-7-8-9-10-11-12-13-14-15-16-17-20-23-34-33(37)40-28-30-29(27-39-30)32-35(25-26-41-32)24-21-18-19-22-31(36)38-2/h25-26,29-30H,3-24,27-28H2,1-2H3/p+1. The number of aromatic nitrogens is 1. The molecule has 1 aliphatic rings. The second-order valence-electron chi connectivity index (χ2n) is 11.6. The quantitative estimate of drug-likeness (QED) is 0.0663. The number of esters is 1. The molecular formula is C33H59N2O5S+. The number of aryl methyl sites for hydroxylation is 1. The first kappa shape index (κ1) is 35.5. The highest BCUT2D eigenvalue weighted by Gasteiger charge is 2.41. The van der Waals surface area contributed by atoms with Gasteiger partial charge in [-0.05, 0) is 19.3 Å². The summed E-state index contributed by atoms with van der Waals surface area (Å²) >= 11 is 1.73. The molecule has 1 saturated heterocycles. The van der Waals surface area contributed by atoms with Gasteiger partial charge in [0, 0.05) is 19.4 Å². The molecule has 1 amide bonds. The number of nitrogens with zero attached hydrogens (tertiary/aromatic N) is 1. The second kappa shape index (κ2) is 23.8. The first-order valence-electron chi connectivity index (χ1n) is 16.7. The van der Waals surface area contributed by atoms with Crippen molar-refractivity contribution < 1.29 is 28.4 Å². The molecule has 1 N–H and O–H groups in total. The van der Waals surface area contributed by atoms with E-state index in [1.165, 1.54) is 102 Å². The number of carbonyl (C=O) groups is 2. The molecule has 236 valence electrons. The van der Waals surface area contributed by atoms with Crippen molar-refractivity contribution in [3.05, 3.63) is 16.6 Å². The first-order valence-corrected chi connectivity index (χ1v) is 17.6. The van der Waals surface area contributed by atoms with E-state index in [2.05, 4.69) is 28.4 Å². The maximum Gasteiger partial charge on any atom is 0.407 e.